The Morgan fingerprint density at radius 1 is 1.25 bits per heavy atom. The van der Waals surface area contributed by atoms with Crippen molar-refractivity contribution in [2.45, 2.75) is 13.5 Å². The summed E-state index contributed by atoms with van der Waals surface area (Å²) in [5, 5.41) is 0.482. The summed E-state index contributed by atoms with van der Waals surface area (Å²) in [5.41, 5.74) is 0.433. The van der Waals surface area contributed by atoms with Crippen molar-refractivity contribution < 1.29 is 4.74 Å². The lowest BCUT2D eigenvalue weighted by atomic mass is 10.1. The first-order valence-corrected chi connectivity index (χ1v) is 5.04. The number of H-pyrrole nitrogens is 2. The predicted molar refractivity (Wildman–Crippen MR) is 60.5 cm³/mol. The maximum absolute atomic E-state index is 11.7. The van der Waals surface area contributed by atoms with E-state index in [0.717, 1.165) is 5.56 Å². The first-order chi connectivity index (χ1) is 7.72. The first kappa shape index (κ1) is 10.6. The lowest BCUT2D eigenvalue weighted by Gasteiger charge is -2.04. The average Bonchev–Trinajstić information content (AvgIpc) is 2.25. The summed E-state index contributed by atoms with van der Waals surface area (Å²) in [6, 6.07) is 5.29. The highest BCUT2D eigenvalue weighted by Gasteiger charge is 2.05. The van der Waals surface area contributed by atoms with Crippen molar-refractivity contribution in [1.29, 1.82) is 0 Å². The van der Waals surface area contributed by atoms with Crippen LogP contribution >= 0.6 is 0 Å². The van der Waals surface area contributed by atoms with Crippen molar-refractivity contribution >= 4 is 10.9 Å². The fourth-order valence-electron chi connectivity index (χ4n) is 1.62. The van der Waals surface area contributed by atoms with Gasteiger partial charge in [0.25, 0.3) is 5.56 Å². The Labute approximate surface area is 91.1 Å². The second-order valence-corrected chi connectivity index (χ2v) is 3.39. The lowest BCUT2D eigenvalue weighted by molar-refractivity contribution is 0.135. The molecule has 0 saturated carbocycles. The summed E-state index contributed by atoms with van der Waals surface area (Å²) in [4.78, 5) is 27.5. The first-order valence-electron chi connectivity index (χ1n) is 5.04. The highest BCUT2D eigenvalue weighted by molar-refractivity contribution is 5.80. The Balaban J connectivity index is 2.67. The van der Waals surface area contributed by atoms with Gasteiger partial charge in [0.05, 0.1) is 17.5 Å². The molecule has 16 heavy (non-hydrogen) atoms. The summed E-state index contributed by atoms with van der Waals surface area (Å²) < 4.78 is 5.27. The van der Waals surface area contributed by atoms with Crippen LogP contribution in [-0.4, -0.2) is 16.6 Å². The monoisotopic (exact) mass is 220 g/mol. The van der Waals surface area contributed by atoms with Crippen LogP contribution in [0.3, 0.4) is 0 Å². The van der Waals surface area contributed by atoms with E-state index >= 15 is 0 Å². The van der Waals surface area contributed by atoms with Crippen molar-refractivity contribution in [1.82, 2.24) is 9.97 Å². The molecule has 5 nitrogen and oxygen atoms in total. The molecule has 0 unspecified atom stereocenters. The number of hydrogen-bond donors (Lipinski definition) is 2. The largest absolute Gasteiger partial charge is 0.377 e. The third-order valence-corrected chi connectivity index (χ3v) is 2.31. The third kappa shape index (κ3) is 1.90. The van der Waals surface area contributed by atoms with Crippen LogP contribution in [0.4, 0.5) is 0 Å². The van der Waals surface area contributed by atoms with E-state index in [-0.39, 0.29) is 5.56 Å². The number of fused-ring (bicyclic) bond motifs is 1. The molecular formula is C11H12N2O3. The smallest absolute Gasteiger partial charge is 0.326 e. The van der Waals surface area contributed by atoms with Crippen molar-refractivity contribution in [3.63, 3.8) is 0 Å². The van der Waals surface area contributed by atoms with Gasteiger partial charge in [-0.3, -0.25) is 9.78 Å². The molecule has 0 aliphatic heterocycles. The minimum Gasteiger partial charge on any atom is -0.377 e. The zero-order chi connectivity index (χ0) is 11.5. The van der Waals surface area contributed by atoms with E-state index in [1.165, 1.54) is 0 Å². The highest BCUT2D eigenvalue weighted by atomic mass is 16.5. The zero-order valence-electron chi connectivity index (χ0n) is 8.87. The normalized spacial score (nSPS) is 10.8. The molecule has 0 amide bonds. The number of benzene rings is 1. The van der Waals surface area contributed by atoms with E-state index in [1.807, 2.05) is 13.0 Å². The van der Waals surface area contributed by atoms with Gasteiger partial charge >= 0.3 is 5.69 Å². The maximum atomic E-state index is 11.7. The number of rotatable bonds is 3. The topological polar surface area (TPSA) is 75.0 Å². The summed E-state index contributed by atoms with van der Waals surface area (Å²) in [5.74, 6) is 0. The minimum absolute atomic E-state index is 0.364. The van der Waals surface area contributed by atoms with Gasteiger partial charge < -0.3 is 9.72 Å². The van der Waals surface area contributed by atoms with Crippen LogP contribution in [0.25, 0.3) is 10.9 Å². The number of nitrogens with one attached hydrogen (secondary N) is 2. The molecule has 0 radical (unpaired) electrons. The van der Waals surface area contributed by atoms with Gasteiger partial charge in [-0.15, -0.1) is 0 Å². The van der Waals surface area contributed by atoms with Crippen LogP contribution in [0.2, 0.25) is 0 Å². The van der Waals surface area contributed by atoms with E-state index in [4.69, 9.17) is 4.74 Å². The van der Waals surface area contributed by atoms with E-state index in [2.05, 4.69) is 9.97 Å². The van der Waals surface area contributed by atoms with Gasteiger partial charge in [0.2, 0.25) is 0 Å². The SMILES string of the molecule is CCOCc1cccc2[nH]c(=O)[nH]c(=O)c12. The molecule has 2 N–H and O–H groups in total. The molecular weight excluding hydrogens is 208 g/mol. The van der Waals surface area contributed by atoms with E-state index < -0.39 is 5.69 Å². The van der Waals surface area contributed by atoms with E-state index in [1.54, 1.807) is 12.1 Å². The Hall–Kier alpha value is -1.88. The molecule has 2 rings (SSSR count). The Kier molecular flexibility index (Phi) is 2.87. The Morgan fingerprint density at radius 3 is 2.81 bits per heavy atom. The lowest BCUT2D eigenvalue weighted by Crippen LogP contribution is -2.22. The van der Waals surface area contributed by atoms with Crippen molar-refractivity contribution in [3.8, 4) is 0 Å². The van der Waals surface area contributed by atoms with E-state index in [9.17, 15) is 9.59 Å². The minimum atomic E-state index is -0.494. The highest BCUT2D eigenvalue weighted by Crippen LogP contribution is 2.12. The quantitative estimate of drug-likeness (QED) is 0.801. The zero-order valence-corrected chi connectivity index (χ0v) is 8.87. The van der Waals surface area contributed by atoms with Crippen LogP contribution < -0.4 is 11.2 Å². The second-order valence-electron chi connectivity index (χ2n) is 3.39. The molecule has 84 valence electrons. The van der Waals surface area contributed by atoms with Crippen molar-refractivity contribution in [2.24, 2.45) is 0 Å². The molecule has 0 atom stereocenters. The third-order valence-electron chi connectivity index (χ3n) is 2.31. The van der Waals surface area contributed by atoms with Gasteiger partial charge in [0.1, 0.15) is 0 Å². The number of aromatic nitrogens is 2. The fraction of sp³-hybridized carbons (Fsp3) is 0.273. The van der Waals surface area contributed by atoms with Gasteiger partial charge in [-0.05, 0) is 18.6 Å². The molecule has 0 saturated heterocycles. The van der Waals surface area contributed by atoms with Crippen molar-refractivity contribution in [3.05, 3.63) is 44.6 Å². The van der Waals surface area contributed by atoms with Gasteiger partial charge in [-0.1, -0.05) is 12.1 Å². The number of ether oxygens (including phenoxy) is 1. The summed E-state index contributed by atoms with van der Waals surface area (Å²) in [7, 11) is 0. The molecule has 0 aliphatic rings. The van der Waals surface area contributed by atoms with E-state index in [0.29, 0.717) is 24.1 Å². The summed E-state index contributed by atoms with van der Waals surface area (Å²) >= 11 is 0. The Morgan fingerprint density at radius 2 is 2.06 bits per heavy atom. The average molecular weight is 220 g/mol. The molecule has 0 spiro atoms. The van der Waals surface area contributed by atoms with Crippen LogP contribution in [-0.2, 0) is 11.3 Å². The predicted octanol–water partition coefficient (Wildman–Crippen LogP) is 0.753. The standard InChI is InChI=1S/C11H12N2O3/c1-2-16-6-7-4-3-5-8-9(7)10(14)13-11(15)12-8/h3-5H,2,6H2,1H3,(H2,12,13,14,15). The number of aromatic amines is 2. The summed E-state index contributed by atoms with van der Waals surface area (Å²) in [6.45, 7) is 2.83. The molecule has 1 aromatic heterocycles. The van der Waals surface area contributed by atoms with Crippen LogP contribution in [0.15, 0.2) is 27.8 Å². The molecule has 1 aromatic carbocycles. The van der Waals surface area contributed by atoms with Crippen LogP contribution in [0.1, 0.15) is 12.5 Å². The van der Waals surface area contributed by atoms with Gasteiger partial charge in [-0.25, -0.2) is 4.79 Å². The maximum Gasteiger partial charge on any atom is 0.326 e. The number of hydrogen-bond acceptors (Lipinski definition) is 3. The molecule has 0 aliphatic carbocycles. The second kappa shape index (κ2) is 4.32. The van der Waals surface area contributed by atoms with Crippen molar-refractivity contribution in [2.75, 3.05) is 6.61 Å². The molecule has 0 fully saturated rings. The fourth-order valence-corrected chi connectivity index (χ4v) is 1.62. The van der Waals surface area contributed by atoms with Gasteiger partial charge in [-0.2, -0.15) is 0 Å². The molecule has 0 bridgehead atoms. The van der Waals surface area contributed by atoms with Gasteiger partial charge in [0, 0.05) is 6.61 Å². The van der Waals surface area contributed by atoms with Gasteiger partial charge in [0.15, 0.2) is 0 Å². The molecule has 2 aromatic rings. The molecule has 1 heterocycles. The Bertz CT molecular complexity index is 612. The van der Waals surface area contributed by atoms with Crippen LogP contribution in [0, 0.1) is 0 Å². The summed E-state index contributed by atoms with van der Waals surface area (Å²) in [6.07, 6.45) is 0. The van der Waals surface area contributed by atoms with Crippen LogP contribution in [0.5, 0.6) is 0 Å². The molecule has 5 heteroatoms.